The highest BCUT2D eigenvalue weighted by Gasteiger charge is 2.44. The molecule has 88 valence electrons. The first-order chi connectivity index (χ1) is 7.39. The van der Waals surface area contributed by atoms with Gasteiger partial charge in [-0.25, -0.2) is 9.18 Å². The van der Waals surface area contributed by atoms with E-state index in [1.165, 1.54) is 19.9 Å². The van der Waals surface area contributed by atoms with Gasteiger partial charge in [0.05, 0.1) is 12.2 Å². The van der Waals surface area contributed by atoms with E-state index in [1.54, 1.807) is 0 Å². The zero-order valence-corrected chi connectivity index (χ0v) is 8.89. The number of carbonyl (C=O) groups excluding carboxylic acids is 1. The topological polar surface area (TPSA) is 26.3 Å². The van der Waals surface area contributed by atoms with E-state index in [1.807, 2.05) is 0 Å². The molecule has 1 aromatic rings. The van der Waals surface area contributed by atoms with Crippen LogP contribution in [0.2, 0.25) is 0 Å². The number of aryl methyl sites for hydroxylation is 1. The van der Waals surface area contributed by atoms with Crippen molar-refractivity contribution in [1.29, 1.82) is 0 Å². The summed E-state index contributed by atoms with van der Waals surface area (Å²) in [6, 6.07) is 3.18. The number of ether oxygens (including phenoxy) is 1. The Labute approximate surface area is 91.0 Å². The number of alkyl halides is 2. The number of rotatable bonds is 3. The monoisotopic (exact) mass is 232 g/mol. The molecule has 0 unspecified atom stereocenters. The smallest absolute Gasteiger partial charge is 0.382 e. The van der Waals surface area contributed by atoms with Gasteiger partial charge in [-0.15, -0.1) is 0 Å². The predicted molar refractivity (Wildman–Crippen MR) is 51.7 cm³/mol. The molecule has 0 heterocycles. The average Bonchev–Trinajstić information content (AvgIpc) is 2.22. The summed E-state index contributed by atoms with van der Waals surface area (Å²) in [5.74, 6) is -6.81. The fraction of sp³-hybridized carbons (Fsp3) is 0.364. The minimum absolute atomic E-state index is 0.179. The molecule has 2 nitrogen and oxygen atoms in total. The molecular weight excluding hydrogens is 221 g/mol. The molecule has 5 heteroatoms. The third-order valence-corrected chi connectivity index (χ3v) is 1.99. The Hall–Kier alpha value is -1.52. The second-order valence-corrected chi connectivity index (χ2v) is 3.28. The summed E-state index contributed by atoms with van der Waals surface area (Å²) in [6.07, 6.45) is 0. The Bertz CT molecular complexity index is 402. The van der Waals surface area contributed by atoms with Gasteiger partial charge < -0.3 is 4.74 Å². The normalized spacial score (nSPS) is 11.3. The molecule has 0 spiro atoms. The number of esters is 1. The van der Waals surface area contributed by atoms with Crippen molar-refractivity contribution >= 4 is 5.97 Å². The molecule has 0 amide bonds. The number of benzene rings is 1. The van der Waals surface area contributed by atoms with Crippen molar-refractivity contribution in [3.8, 4) is 0 Å². The summed E-state index contributed by atoms with van der Waals surface area (Å²) < 4.78 is 44.3. The highest BCUT2D eigenvalue weighted by molar-refractivity contribution is 5.79. The van der Waals surface area contributed by atoms with Crippen molar-refractivity contribution in [1.82, 2.24) is 0 Å². The van der Waals surface area contributed by atoms with Crippen LogP contribution in [-0.2, 0) is 15.5 Å². The van der Waals surface area contributed by atoms with Crippen LogP contribution in [0.5, 0.6) is 0 Å². The van der Waals surface area contributed by atoms with E-state index in [2.05, 4.69) is 4.74 Å². The number of hydrogen-bond acceptors (Lipinski definition) is 2. The Kier molecular flexibility index (Phi) is 3.57. The lowest BCUT2D eigenvalue weighted by molar-refractivity contribution is -0.173. The second-order valence-electron chi connectivity index (χ2n) is 3.28. The van der Waals surface area contributed by atoms with E-state index in [-0.39, 0.29) is 6.61 Å². The van der Waals surface area contributed by atoms with Crippen molar-refractivity contribution < 1.29 is 22.7 Å². The van der Waals surface area contributed by atoms with E-state index in [0.29, 0.717) is 5.56 Å². The van der Waals surface area contributed by atoms with Gasteiger partial charge in [-0.1, -0.05) is 11.6 Å². The molecular formula is C11H11F3O2. The predicted octanol–water partition coefficient (Wildman–Crippen LogP) is 2.79. The molecule has 0 aliphatic heterocycles. The highest BCUT2D eigenvalue weighted by Crippen LogP contribution is 2.32. The maximum atomic E-state index is 13.5. The molecule has 0 aromatic heterocycles. The first-order valence-electron chi connectivity index (χ1n) is 4.71. The molecule has 0 atom stereocenters. The van der Waals surface area contributed by atoms with Crippen molar-refractivity contribution in [2.24, 2.45) is 0 Å². The standard InChI is InChI=1S/C11H11F3O2/c1-3-16-10(15)11(13,14)8-6-7(2)4-5-9(8)12/h4-6H,3H2,1-2H3. The first-order valence-corrected chi connectivity index (χ1v) is 4.71. The highest BCUT2D eigenvalue weighted by atomic mass is 19.3. The van der Waals surface area contributed by atoms with Crippen molar-refractivity contribution in [3.63, 3.8) is 0 Å². The van der Waals surface area contributed by atoms with Crippen LogP contribution >= 0.6 is 0 Å². The quantitative estimate of drug-likeness (QED) is 0.749. The Morgan fingerprint density at radius 2 is 2.06 bits per heavy atom. The number of carbonyl (C=O) groups is 1. The largest absolute Gasteiger partial charge is 0.461 e. The molecule has 0 N–H and O–H groups in total. The lowest BCUT2D eigenvalue weighted by atomic mass is 10.1. The van der Waals surface area contributed by atoms with E-state index < -0.39 is 23.3 Å². The fourth-order valence-electron chi connectivity index (χ4n) is 1.21. The second kappa shape index (κ2) is 4.55. The lowest BCUT2D eigenvalue weighted by Crippen LogP contribution is -2.29. The SMILES string of the molecule is CCOC(=O)C(F)(F)c1cc(C)ccc1F. The van der Waals surface area contributed by atoms with Gasteiger partial charge in [0.15, 0.2) is 0 Å². The zero-order chi connectivity index (χ0) is 12.3. The van der Waals surface area contributed by atoms with Gasteiger partial charge in [-0.3, -0.25) is 0 Å². The van der Waals surface area contributed by atoms with Crippen LogP contribution in [0.3, 0.4) is 0 Å². The Balaban J connectivity index is 3.15. The van der Waals surface area contributed by atoms with Crippen LogP contribution < -0.4 is 0 Å². The molecule has 0 saturated heterocycles. The first kappa shape index (κ1) is 12.5. The summed E-state index contributed by atoms with van der Waals surface area (Å²) in [4.78, 5) is 11.0. The van der Waals surface area contributed by atoms with Gasteiger partial charge in [0, 0.05) is 0 Å². The molecule has 1 aromatic carbocycles. The maximum absolute atomic E-state index is 13.5. The summed E-state index contributed by atoms with van der Waals surface area (Å²) in [5.41, 5.74) is -0.508. The minimum Gasteiger partial charge on any atom is -0.461 e. The number of hydrogen-bond donors (Lipinski definition) is 0. The van der Waals surface area contributed by atoms with Crippen LogP contribution in [0, 0.1) is 12.7 Å². The van der Waals surface area contributed by atoms with Gasteiger partial charge in [0.25, 0.3) is 0 Å². The van der Waals surface area contributed by atoms with Gasteiger partial charge in [0.1, 0.15) is 5.82 Å². The molecule has 0 bridgehead atoms. The summed E-state index contributed by atoms with van der Waals surface area (Å²) in [7, 11) is 0. The molecule has 0 aliphatic rings. The van der Waals surface area contributed by atoms with E-state index in [4.69, 9.17) is 0 Å². The lowest BCUT2D eigenvalue weighted by Gasteiger charge is -2.15. The Morgan fingerprint density at radius 3 is 2.62 bits per heavy atom. The third-order valence-electron chi connectivity index (χ3n) is 1.99. The Morgan fingerprint density at radius 1 is 1.44 bits per heavy atom. The van der Waals surface area contributed by atoms with Crippen molar-refractivity contribution in [2.75, 3.05) is 6.61 Å². The van der Waals surface area contributed by atoms with Crippen LogP contribution in [0.25, 0.3) is 0 Å². The molecule has 1 rings (SSSR count). The van der Waals surface area contributed by atoms with E-state index >= 15 is 0 Å². The molecule has 0 aliphatic carbocycles. The maximum Gasteiger partial charge on any atom is 0.382 e. The van der Waals surface area contributed by atoms with Crippen molar-refractivity contribution in [2.45, 2.75) is 19.8 Å². The zero-order valence-electron chi connectivity index (χ0n) is 8.89. The van der Waals surface area contributed by atoms with Gasteiger partial charge in [-0.05, 0) is 26.0 Å². The van der Waals surface area contributed by atoms with Gasteiger partial charge in [0.2, 0.25) is 0 Å². The van der Waals surface area contributed by atoms with Crippen LogP contribution in [0.4, 0.5) is 13.2 Å². The summed E-state index contributed by atoms with van der Waals surface area (Å²) >= 11 is 0. The minimum atomic E-state index is -3.95. The van der Waals surface area contributed by atoms with Crippen LogP contribution in [0.15, 0.2) is 18.2 Å². The van der Waals surface area contributed by atoms with E-state index in [0.717, 1.165) is 12.1 Å². The van der Waals surface area contributed by atoms with Gasteiger partial charge in [-0.2, -0.15) is 8.78 Å². The fourth-order valence-corrected chi connectivity index (χ4v) is 1.21. The van der Waals surface area contributed by atoms with Gasteiger partial charge >= 0.3 is 11.9 Å². The molecule has 0 radical (unpaired) electrons. The molecule has 0 fully saturated rings. The number of halogens is 3. The van der Waals surface area contributed by atoms with E-state index in [9.17, 15) is 18.0 Å². The van der Waals surface area contributed by atoms with Crippen LogP contribution in [0.1, 0.15) is 18.1 Å². The summed E-state index contributed by atoms with van der Waals surface area (Å²) in [6.45, 7) is 2.76. The average molecular weight is 232 g/mol. The molecule has 0 saturated carbocycles. The molecule has 16 heavy (non-hydrogen) atoms. The summed E-state index contributed by atoms with van der Waals surface area (Å²) in [5, 5.41) is 0. The van der Waals surface area contributed by atoms with Crippen LogP contribution in [-0.4, -0.2) is 12.6 Å². The van der Waals surface area contributed by atoms with Crippen molar-refractivity contribution in [3.05, 3.63) is 35.1 Å². The third kappa shape index (κ3) is 2.35.